The Morgan fingerprint density at radius 2 is 2.25 bits per heavy atom. The van der Waals surface area contributed by atoms with E-state index >= 15 is 0 Å². The summed E-state index contributed by atoms with van der Waals surface area (Å²) < 4.78 is 0. The third-order valence-electron chi connectivity index (χ3n) is 2.33. The summed E-state index contributed by atoms with van der Waals surface area (Å²) in [7, 11) is 0. The highest BCUT2D eigenvalue weighted by Gasteiger charge is 2.07. The van der Waals surface area contributed by atoms with Crippen molar-refractivity contribution in [3.63, 3.8) is 0 Å². The zero-order chi connectivity index (χ0) is 11.4. The van der Waals surface area contributed by atoms with Crippen LogP contribution in [0.2, 0.25) is 0 Å². The second-order valence-electron chi connectivity index (χ2n) is 3.44. The average Bonchev–Trinajstić information content (AvgIpc) is 2.81. The van der Waals surface area contributed by atoms with E-state index in [9.17, 15) is 4.79 Å². The highest BCUT2D eigenvalue weighted by molar-refractivity contribution is 5.90. The van der Waals surface area contributed by atoms with Crippen molar-refractivity contribution in [3.05, 3.63) is 47.5 Å². The minimum absolute atomic E-state index is 0.230. The van der Waals surface area contributed by atoms with Crippen molar-refractivity contribution in [1.82, 2.24) is 20.5 Å². The minimum atomic E-state index is -0.249. The molecule has 2 rings (SSSR count). The Bertz CT molecular complexity index is 478. The fourth-order valence-corrected chi connectivity index (χ4v) is 1.38. The Morgan fingerprint density at radius 3 is 2.94 bits per heavy atom. The zero-order valence-corrected chi connectivity index (χ0v) is 8.90. The van der Waals surface area contributed by atoms with Gasteiger partial charge in [0.25, 0.3) is 5.91 Å². The molecule has 2 N–H and O–H groups in total. The van der Waals surface area contributed by atoms with E-state index in [1.165, 1.54) is 6.33 Å². The van der Waals surface area contributed by atoms with Gasteiger partial charge in [0.05, 0.1) is 0 Å². The predicted molar refractivity (Wildman–Crippen MR) is 58.7 cm³/mol. The van der Waals surface area contributed by atoms with Crippen LogP contribution in [0.15, 0.2) is 30.6 Å². The molecule has 1 aromatic carbocycles. The van der Waals surface area contributed by atoms with Crippen LogP contribution < -0.4 is 5.32 Å². The molecule has 5 heteroatoms. The first-order valence-corrected chi connectivity index (χ1v) is 4.95. The quantitative estimate of drug-likeness (QED) is 0.805. The number of aryl methyl sites for hydroxylation is 1. The van der Waals surface area contributed by atoms with Crippen LogP contribution in [0.1, 0.15) is 21.7 Å². The van der Waals surface area contributed by atoms with E-state index in [1.54, 1.807) is 0 Å². The summed E-state index contributed by atoms with van der Waals surface area (Å²) in [6, 6.07) is 7.91. The van der Waals surface area contributed by atoms with Crippen LogP contribution in [-0.2, 0) is 6.54 Å². The number of benzene rings is 1. The summed E-state index contributed by atoms with van der Waals surface area (Å²) in [5, 5.41) is 8.90. The van der Waals surface area contributed by atoms with Crippen molar-refractivity contribution in [2.24, 2.45) is 0 Å². The fourth-order valence-electron chi connectivity index (χ4n) is 1.38. The Hall–Kier alpha value is -2.17. The Balaban J connectivity index is 1.98. The largest absolute Gasteiger partial charge is 0.345 e. The lowest BCUT2D eigenvalue weighted by Crippen LogP contribution is -2.24. The van der Waals surface area contributed by atoms with E-state index < -0.39 is 0 Å². The molecule has 1 aromatic heterocycles. The van der Waals surface area contributed by atoms with E-state index in [2.05, 4.69) is 20.5 Å². The number of hydrogen-bond donors (Lipinski definition) is 2. The van der Waals surface area contributed by atoms with Gasteiger partial charge in [-0.2, -0.15) is 5.10 Å². The number of amides is 1. The van der Waals surface area contributed by atoms with Gasteiger partial charge in [0.15, 0.2) is 0 Å². The van der Waals surface area contributed by atoms with Crippen LogP contribution in [0.3, 0.4) is 0 Å². The lowest BCUT2D eigenvalue weighted by Gasteiger charge is -2.05. The van der Waals surface area contributed by atoms with Gasteiger partial charge in [-0.3, -0.25) is 9.89 Å². The summed E-state index contributed by atoms with van der Waals surface area (Å²) in [6.07, 6.45) is 1.31. The standard InChI is InChI=1S/C11H12N4O/c1-8-4-2-3-5-9(8)6-12-11(16)10-13-7-14-15-10/h2-5,7H,6H2,1H3,(H,12,16)(H,13,14,15). The van der Waals surface area contributed by atoms with Gasteiger partial charge < -0.3 is 5.32 Å². The van der Waals surface area contributed by atoms with Crippen molar-refractivity contribution < 1.29 is 4.79 Å². The predicted octanol–water partition coefficient (Wildman–Crippen LogP) is 1.04. The van der Waals surface area contributed by atoms with Gasteiger partial charge in [-0.25, -0.2) is 4.98 Å². The van der Waals surface area contributed by atoms with Crippen LogP contribution in [0.5, 0.6) is 0 Å². The first kappa shape index (κ1) is 10.4. The molecule has 0 aliphatic carbocycles. The summed E-state index contributed by atoms with van der Waals surface area (Å²) >= 11 is 0. The van der Waals surface area contributed by atoms with Gasteiger partial charge in [-0.05, 0) is 18.1 Å². The van der Waals surface area contributed by atoms with Gasteiger partial charge in [-0.1, -0.05) is 24.3 Å². The molecule has 16 heavy (non-hydrogen) atoms. The van der Waals surface area contributed by atoms with Gasteiger partial charge in [0, 0.05) is 6.54 Å². The van der Waals surface area contributed by atoms with Crippen LogP contribution >= 0.6 is 0 Å². The maximum Gasteiger partial charge on any atom is 0.288 e. The topological polar surface area (TPSA) is 70.7 Å². The van der Waals surface area contributed by atoms with Crippen molar-refractivity contribution in [2.45, 2.75) is 13.5 Å². The highest BCUT2D eigenvalue weighted by Crippen LogP contribution is 2.06. The molecule has 0 radical (unpaired) electrons. The van der Waals surface area contributed by atoms with Gasteiger partial charge in [0.2, 0.25) is 5.82 Å². The Labute approximate surface area is 92.9 Å². The number of carbonyl (C=O) groups excluding carboxylic acids is 1. The maximum atomic E-state index is 11.5. The number of aromatic amines is 1. The van der Waals surface area contributed by atoms with E-state index in [1.807, 2.05) is 31.2 Å². The molecule has 0 spiro atoms. The third kappa shape index (κ3) is 2.25. The van der Waals surface area contributed by atoms with Crippen molar-refractivity contribution >= 4 is 5.91 Å². The molecule has 0 saturated carbocycles. The number of hydrogen-bond acceptors (Lipinski definition) is 3. The summed E-state index contributed by atoms with van der Waals surface area (Å²) in [5.41, 5.74) is 2.25. The van der Waals surface area contributed by atoms with Crippen LogP contribution in [-0.4, -0.2) is 21.1 Å². The molecule has 82 valence electrons. The number of carbonyl (C=O) groups is 1. The summed E-state index contributed by atoms with van der Waals surface area (Å²) in [5.74, 6) is -0.0191. The van der Waals surface area contributed by atoms with Gasteiger partial charge >= 0.3 is 0 Å². The average molecular weight is 216 g/mol. The van der Waals surface area contributed by atoms with Crippen LogP contribution in [0.25, 0.3) is 0 Å². The lowest BCUT2D eigenvalue weighted by molar-refractivity contribution is 0.0941. The molecular weight excluding hydrogens is 204 g/mol. The minimum Gasteiger partial charge on any atom is -0.345 e. The zero-order valence-electron chi connectivity index (χ0n) is 8.90. The first-order valence-electron chi connectivity index (χ1n) is 4.95. The number of nitrogens with zero attached hydrogens (tertiary/aromatic N) is 2. The smallest absolute Gasteiger partial charge is 0.288 e. The third-order valence-corrected chi connectivity index (χ3v) is 2.33. The fraction of sp³-hybridized carbons (Fsp3) is 0.182. The maximum absolute atomic E-state index is 11.5. The summed E-state index contributed by atoms with van der Waals surface area (Å²) in [6.45, 7) is 2.50. The van der Waals surface area contributed by atoms with Crippen molar-refractivity contribution in [1.29, 1.82) is 0 Å². The molecule has 2 aromatic rings. The molecule has 0 bridgehead atoms. The highest BCUT2D eigenvalue weighted by atomic mass is 16.2. The molecular formula is C11H12N4O. The van der Waals surface area contributed by atoms with Crippen LogP contribution in [0, 0.1) is 6.92 Å². The summed E-state index contributed by atoms with van der Waals surface area (Å²) in [4.78, 5) is 15.3. The van der Waals surface area contributed by atoms with Crippen molar-refractivity contribution in [2.75, 3.05) is 0 Å². The van der Waals surface area contributed by atoms with E-state index in [0.717, 1.165) is 11.1 Å². The second-order valence-corrected chi connectivity index (χ2v) is 3.44. The Kier molecular flexibility index (Phi) is 2.95. The molecule has 0 atom stereocenters. The number of nitrogens with one attached hydrogen (secondary N) is 2. The SMILES string of the molecule is Cc1ccccc1CNC(=O)c1ncn[nH]1. The monoisotopic (exact) mass is 216 g/mol. The lowest BCUT2D eigenvalue weighted by atomic mass is 10.1. The molecule has 0 unspecified atom stereocenters. The molecule has 1 amide bonds. The Morgan fingerprint density at radius 1 is 1.44 bits per heavy atom. The first-order chi connectivity index (χ1) is 7.77. The van der Waals surface area contributed by atoms with Gasteiger partial charge in [0.1, 0.15) is 6.33 Å². The molecule has 1 heterocycles. The van der Waals surface area contributed by atoms with E-state index in [-0.39, 0.29) is 11.7 Å². The van der Waals surface area contributed by atoms with Crippen molar-refractivity contribution in [3.8, 4) is 0 Å². The molecule has 0 fully saturated rings. The molecule has 0 aliphatic heterocycles. The molecule has 0 saturated heterocycles. The van der Waals surface area contributed by atoms with E-state index in [0.29, 0.717) is 6.54 Å². The normalized spacial score (nSPS) is 10.1. The molecule has 0 aliphatic rings. The van der Waals surface area contributed by atoms with Crippen LogP contribution in [0.4, 0.5) is 0 Å². The number of rotatable bonds is 3. The second kappa shape index (κ2) is 4.57. The number of H-pyrrole nitrogens is 1. The molecule has 5 nitrogen and oxygen atoms in total. The van der Waals surface area contributed by atoms with Gasteiger partial charge in [-0.15, -0.1) is 0 Å². The number of aromatic nitrogens is 3. The van der Waals surface area contributed by atoms with E-state index in [4.69, 9.17) is 0 Å².